The van der Waals surface area contributed by atoms with Crippen LogP contribution in [0.2, 0.25) is 0 Å². The van der Waals surface area contributed by atoms with Crippen LogP contribution in [0.1, 0.15) is 25.8 Å². The molecule has 0 aromatic carbocycles. The second kappa shape index (κ2) is 7.52. The molecule has 0 spiro atoms. The first-order valence-corrected chi connectivity index (χ1v) is 10.9. The Kier molecular flexibility index (Phi) is 5.53. The lowest BCUT2D eigenvalue weighted by Gasteiger charge is -2.43. The van der Waals surface area contributed by atoms with Gasteiger partial charge < -0.3 is 4.90 Å². The summed E-state index contributed by atoms with van der Waals surface area (Å²) in [6, 6.07) is -0.327. The van der Waals surface area contributed by atoms with Crippen molar-refractivity contribution in [3.05, 3.63) is 29.6 Å². The third kappa shape index (κ3) is 4.35. The molecule has 0 aliphatic carbocycles. The van der Waals surface area contributed by atoms with Crippen molar-refractivity contribution in [2.24, 2.45) is 0 Å². The van der Waals surface area contributed by atoms with Crippen molar-refractivity contribution in [3.63, 3.8) is 0 Å². The Morgan fingerprint density at radius 2 is 2.00 bits per heavy atom. The van der Waals surface area contributed by atoms with Gasteiger partial charge in [-0.3, -0.25) is 14.4 Å². The minimum absolute atomic E-state index is 0.0205. The molecule has 1 aromatic rings. The van der Waals surface area contributed by atoms with E-state index in [4.69, 9.17) is 0 Å². The van der Waals surface area contributed by atoms with Gasteiger partial charge in [-0.2, -0.15) is 5.10 Å². The lowest BCUT2D eigenvalue weighted by Crippen LogP contribution is -2.60. The standard InChI is InChI=1S/C18H28N4O3S/c1-14(2)4-6-20-8-9-22(17-13-26(24,25)12-16(17)20)18(23)5-7-21-11-15(3)10-19-21/h4,10-11,16-17H,5-9,12-13H2,1-3H3/t16-,17+/m1/s1. The predicted octanol–water partition coefficient (Wildman–Crippen LogP) is 0.858. The lowest BCUT2D eigenvalue weighted by molar-refractivity contribution is -0.137. The van der Waals surface area contributed by atoms with Crippen LogP contribution in [0.3, 0.4) is 0 Å². The van der Waals surface area contributed by atoms with E-state index in [0.717, 1.165) is 12.1 Å². The van der Waals surface area contributed by atoms with Gasteiger partial charge in [-0.05, 0) is 26.3 Å². The number of sulfone groups is 1. The number of carbonyl (C=O) groups is 1. The van der Waals surface area contributed by atoms with Crippen molar-refractivity contribution in [2.45, 2.75) is 45.8 Å². The van der Waals surface area contributed by atoms with Crippen molar-refractivity contribution in [2.75, 3.05) is 31.1 Å². The van der Waals surface area contributed by atoms with Gasteiger partial charge in [0.05, 0.1) is 23.7 Å². The topological polar surface area (TPSA) is 75.5 Å². The van der Waals surface area contributed by atoms with Gasteiger partial charge >= 0.3 is 0 Å². The number of allylic oxidation sites excluding steroid dienone is 1. The summed E-state index contributed by atoms with van der Waals surface area (Å²) >= 11 is 0. The summed E-state index contributed by atoms with van der Waals surface area (Å²) in [5, 5.41) is 4.21. The molecule has 2 aliphatic rings. The second-order valence-corrected chi connectivity index (χ2v) is 9.76. The van der Waals surface area contributed by atoms with Gasteiger partial charge in [0.25, 0.3) is 0 Å². The molecule has 2 aliphatic heterocycles. The Morgan fingerprint density at radius 1 is 1.27 bits per heavy atom. The first-order chi connectivity index (χ1) is 12.2. The predicted molar refractivity (Wildman–Crippen MR) is 101 cm³/mol. The monoisotopic (exact) mass is 380 g/mol. The molecule has 3 rings (SSSR count). The highest BCUT2D eigenvalue weighted by molar-refractivity contribution is 7.91. The first kappa shape index (κ1) is 19.1. The maximum atomic E-state index is 12.8. The fraction of sp³-hybridized carbons (Fsp3) is 0.667. The fourth-order valence-corrected chi connectivity index (χ4v) is 5.82. The zero-order chi connectivity index (χ0) is 18.9. The van der Waals surface area contributed by atoms with E-state index in [0.29, 0.717) is 26.1 Å². The van der Waals surface area contributed by atoms with Crippen LogP contribution in [0.4, 0.5) is 0 Å². The summed E-state index contributed by atoms with van der Waals surface area (Å²) in [5.74, 6) is 0.249. The zero-order valence-corrected chi connectivity index (χ0v) is 16.6. The van der Waals surface area contributed by atoms with Crippen molar-refractivity contribution in [1.29, 1.82) is 0 Å². The highest BCUT2D eigenvalue weighted by atomic mass is 32.2. The number of aromatic nitrogens is 2. The van der Waals surface area contributed by atoms with E-state index in [9.17, 15) is 13.2 Å². The summed E-state index contributed by atoms with van der Waals surface area (Å²) < 4.78 is 26.2. The minimum atomic E-state index is -3.10. The average Bonchev–Trinajstić information content (AvgIpc) is 3.11. The highest BCUT2D eigenvalue weighted by Crippen LogP contribution is 2.27. The van der Waals surface area contributed by atoms with Crippen LogP contribution in [-0.2, 0) is 21.2 Å². The normalized spacial score (nSPS) is 25.1. The molecular formula is C18H28N4O3S. The molecule has 0 unspecified atom stereocenters. The van der Waals surface area contributed by atoms with Gasteiger partial charge in [0.2, 0.25) is 5.91 Å². The number of nitrogens with zero attached hydrogens (tertiary/aromatic N) is 4. The average molecular weight is 381 g/mol. The lowest BCUT2D eigenvalue weighted by atomic mass is 10.0. The molecule has 2 fully saturated rings. The molecule has 8 heteroatoms. The molecule has 2 saturated heterocycles. The van der Waals surface area contributed by atoms with Gasteiger partial charge in [-0.25, -0.2) is 8.42 Å². The van der Waals surface area contributed by atoms with Gasteiger partial charge in [0, 0.05) is 44.8 Å². The quantitative estimate of drug-likeness (QED) is 0.708. The van der Waals surface area contributed by atoms with Crippen LogP contribution in [-0.4, -0.2) is 77.1 Å². The second-order valence-electron chi connectivity index (χ2n) is 7.61. The number of amides is 1. The molecule has 7 nitrogen and oxygen atoms in total. The van der Waals surface area contributed by atoms with Crippen molar-refractivity contribution >= 4 is 15.7 Å². The fourth-order valence-electron chi connectivity index (χ4n) is 3.80. The van der Waals surface area contributed by atoms with E-state index in [1.165, 1.54) is 5.57 Å². The molecule has 1 amide bonds. The van der Waals surface area contributed by atoms with E-state index in [1.54, 1.807) is 15.8 Å². The molecule has 3 heterocycles. The Balaban J connectivity index is 1.68. The van der Waals surface area contributed by atoms with E-state index in [-0.39, 0.29) is 29.5 Å². The number of carbonyl (C=O) groups excluding carboxylic acids is 1. The molecular weight excluding hydrogens is 352 g/mol. The van der Waals surface area contributed by atoms with Crippen LogP contribution in [0.25, 0.3) is 0 Å². The van der Waals surface area contributed by atoms with Gasteiger partial charge in [0.1, 0.15) is 0 Å². The third-order valence-electron chi connectivity index (χ3n) is 5.16. The molecule has 0 N–H and O–H groups in total. The molecule has 1 aromatic heterocycles. The summed E-state index contributed by atoms with van der Waals surface area (Å²) in [7, 11) is -3.10. The number of fused-ring (bicyclic) bond motifs is 1. The van der Waals surface area contributed by atoms with E-state index < -0.39 is 9.84 Å². The summed E-state index contributed by atoms with van der Waals surface area (Å²) in [4.78, 5) is 16.8. The van der Waals surface area contributed by atoms with Crippen LogP contribution < -0.4 is 0 Å². The van der Waals surface area contributed by atoms with Gasteiger partial charge in [-0.1, -0.05) is 11.6 Å². The molecule has 0 saturated carbocycles. The maximum Gasteiger partial charge on any atom is 0.224 e. The van der Waals surface area contributed by atoms with Crippen LogP contribution in [0.15, 0.2) is 24.0 Å². The number of piperazine rings is 1. The van der Waals surface area contributed by atoms with Crippen molar-refractivity contribution in [3.8, 4) is 0 Å². The Morgan fingerprint density at radius 3 is 2.65 bits per heavy atom. The van der Waals surface area contributed by atoms with E-state index in [2.05, 4.69) is 16.1 Å². The van der Waals surface area contributed by atoms with Gasteiger partial charge in [-0.15, -0.1) is 0 Å². The SMILES string of the molecule is CC(C)=CCN1CCN(C(=O)CCn2cc(C)cn2)[C@H]2CS(=O)(=O)C[C@H]21. The summed E-state index contributed by atoms with van der Waals surface area (Å²) in [5.41, 5.74) is 2.28. The maximum absolute atomic E-state index is 12.8. The van der Waals surface area contributed by atoms with E-state index >= 15 is 0 Å². The largest absolute Gasteiger partial charge is 0.336 e. The first-order valence-electron chi connectivity index (χ1n) is 9.11. The Hall–Kier alpha value is -1.67. The van der Waals surface area contributed by atoms with Crippen LogP contribution >= 0.6 is 0 Å². The minimum Gasteiger partial charge on any atom is -0.336 e. The zero-order valence-electron chi connectivity index (χ0n) is 15.8. The van der Waals surface area contributed by atoms with Crippen molar-refractivity contribution < 1.29 is 13.2 Å². The summed E-state index contributed by atoms with van der Waals surface area (Å²) in [6.07, 6.45) is 6.15. The molecule has 2 atom stereocenters. The Labute approximate surface area is 155 Å². The van der Waals surface area contributed by atoms with Crippen LogP contribution in [0, 0.1) is 6.92 Å². The molecule has 0 radical (unpaired) electrons. The van der Waals surface area contributed by atoms with E-state index in [1.807, 2.05) is 27.0 Å². The Bertz CT molecular complexity index is 795. The van der Waals surface area contributed by atoms with Gasteiger partial charge in [0.15, 0.2) is 9.84 Å². The number of hydrogen-bond acceptors (Lipinski definition) is 5. The number of rotatable bonds is 5. The highest BCUT2D eigenvalue weighted by Gasteiger charge is 2.47. The van der Waals surface area contributed by atoms with Crippen molar-refractivity contribution in [1.82, 2.24) is 19.6 Å². The number of hydrogen-bond donors (Lipinski definition) is 0. The molecule has 144 valence electrons. The van der Waals surface area contributed by atoms with Crippen LogP contribution in [0.5, 0.6) is 0 Å². The number of aryl methyl sites for hydroxylation is 2. The molecule has 26 heavy (non-hydrogen) atoms. The smallest absolute Gasteiger partial charge is 0.224 e. The molecule has 0 bridgehead atoms. The summed E-state index contributed by atoms with van der Waals surface area (Å²) in [6.45, 7) is 8.62. The third-order valence-corrected chi connectivity index (χ3v) is 6.86.